The first-order valence-electron chi connectivity index (χ1n) is 6.65. The number of ether oxygens (including phenoxy) is 1. The molecule has 1 saturated carbocycles. The Morgan fingerprint density at radius 3 is 2.79 bits per heavy atom. The maximum Gasteiger partial charge on any atom is 0.234 e. The van der Waals surface area contributed by atoms with E-state index in [4.69, 9.17) is 33.8 Å². The van der Waals surface area contributed by atoms with Gasteiger partial charge in [-0.15, -0.1) is 0 Å². The number of nitrogens with two attached hydrogens (primary N) is 1. The molecular formula is C13H19Cl2N3O. The summed E-state index contributed by atoms with van der Waals surface area (Å²) >= 11 is 12.1. The summed E-state index contributed by atoms with van der Waals surface area (Å²) in [5, 5.41) is 0.806. The number of anilines is 1. The van der Waals surface area contributed by atoms with E-state index in [1.165, 1.54) is 19.3 Å². The standard InChI is InChI=1S/C13H19Cl2N3O/c1-2-8-5-3-4-6-11(8)19-13-10(15)7-9(14)12(17-13)18-16/h7-8,11H,2-6,16H2,1H3,(H,17,18). The maximum atomic E-state index is 6.13. The average molecular weight is 304 g/mol. The average Bonchev–Trinajstić information content (AvgIpc) is 2.42. The molecular weight excluding hydrogens is 285 g/mol. The summed E-state index contributed by atoms with van der Waals surface area (Å²) in [4.78, 5) is 4.23. The monoisotopic (exact) mass is 303 g/mol. The maximum absolute atomic E-state index is 6.13. The lowest BCUT2D eigenvalue weighted by Gasteiger charge is -2.31. The normalized spacial score (nSPS) is 23.2. The Balaban J connectivity index is 2.17. The lowest BCUT2D eigenvalue weighted by atomic mass is 9.85. The summed E-state index contributed by atoms with van der Waals surface area (Å²) in [6.07, 6.45) is 6.00. The minimum absolute atomic E-state index is 0.176. The van der Waals surface area contributed by atoms with Crippen molar-refractivity contribution in [3.05, 3.63) is 16.1 Å². The molecule has 0 aromatic carbocycles. The summed E-state index contributed by atoms with van der Waals surface area (Å²) in [7, 11) is 0. The Labute approximate surface area is 123 Å². The van der Waals surface area contributed by atoms with E-state index < -0.39 is 0 Å². The molecule has 2 rings (SSSR count). The SMILES string of the molecule is CCC1CCCCC1Oc1nc(NN)c(Cl)cc1Cl. The van der Waals surface area contributed by atoms with Crippen molar-refractivity contribution < 1.29 is 4.74 Å². The van der Waals surface area contributed by atoms with E-state index in [-0.39, 0.29) is 6.10 Å². The van der Waals surface area contributed by atoms with Crippen LogP contribution in [0.1, 0.15) is 39.0 Å². The number of hydrogen-bond donors (Lipinski definition) is 2. The van der Waals surface area contributed by atoms with Crippen LogP contribution in [0.5, 0.6) is 5.88 Å². The van der Waals surface area contributed by atoms with E-state index in [9.17, 15) is 0 Å². The first kappa shape index (κ1) is 14.7. The number of pyridine rings is 1. The predicted molar refractivity (Wildman–Crippen MR) is 78.7 cm³/mol. The molecule has 1 heterocycles. The second-order valence-corrected chi connectivity index (χ2v) is 5.67. The van der Waals surface area contributed by atoms with E-state index in [1.54, 1.807) is 6.07 Å². The molecule has 0 amide bonds. The number of hydrogen-bond acceptors (Lipinski definition) is 4. The van der Waals surface area contributed by atoms with E-state index in [1.807, 2.05) is 0 Å². The van der Waals surface area contributed by atoms with Crippen LogP contribution in [0.25, 0.3) is 0 Å². The summed E-state index contributed by atoms with van der Waals surface area (Å²) in [6.45, 7) is 2.19. The van der Waals surface area contributed by atoms with Crippen LogP contribution in [0.15, 0.2) is 6.07 Å². The van der Waals surface area contributed by atoms with Crippen molar-refractivity contribution in [3.8, 4) is 5.88 Å². The summed E-state index contributed by atoms with van der Waals surface area (Å²) < 4.78 is 5.99. The van der Waals surface area contributed by atoms with Crippen molar-refractivity contribution in [1.82, 2.24) is 4.98 Å². The highest BCUT2D eigenvalue weighted by atomic mass is 35.5. The third kappa shape index (κ3) is 3.44. The molecule has 6 heteroatoms. The molecule has 19 heavy (non-hydrogen) atoms. The second kappa shape index (κ2) is 6.64. The summed E-state index contributed by atoms with van der Waals surface area (Å²) in [5.74, 6) is 6.71. The quantitative estimate of drug-likeness (QED) is 0.651. The highest BCUT2D eigenvalue weighted by Crippen LogP contribution is 2.35. The van der Waals surface area contributed by atoms with Crippen molar-refractivity contribution in [1.29, 1.82) is 0 Å². The molecule has 1 aliphatic rings. The van der Waals surface area contributed by atoms with Gasteiger partial charge in [-0.05, 0) is 37.7 Å². The van der Waals surface area contributed by atoms with Crippen molar-refractivity contribution in [3.63, 3.8) is 0 Å². The van der Waals surface area contributed by atoms with Crippen LogP contribution in [0, 0.1) is 5.92 Å². The lowest BCUT2D eigenvalue weighted by molar-refractivity contribution is 0.0861. The minimum Gasteiger partial charge on any atom is -0.473 e. The lowest BCUT2D eigenvalue weighted by Crippen LogP contribution is -2.30. The molecule has 0 aliphatic heterocycles. The molecule has 1 aromatic heterocycles. The minimum atomic E-state index is 0.176. The zero-order valence-corrected chi connectivity index (χ0v) is 12.5. The van der Waals surface area contributed by atoms with Crippen LogP contribution < -0.4 is 16.0 Å². The first-order valence-corrected chi connectivity index (χ1v) is 7.40. The first-order chi connectivity index (χ1) is 9.15. The fraction of sp³-hybridized carbons (Fsp3) is 0.615. The zero-order chi connectivity index (χ0) is 13.8. The Bertz CT molecular complexity index is 442. The van der Waals surface area contributed by atoms with Crippen molar-refractivity contribution in [2.24, 2.45) is 11.8 Å². The fourth-order valence-electron chi connectivity index (χ4n) is 2.57. The van der Waals surface area contributed by atoms with Gasteiger partial charge in [-0.1, -0.05) is 36.5 Å². The molecule has 3 N–H and O–H groups in total. The number of rotatable bonds is 4. The fourth-order valence-corrected chi connectivity index (χ4v) is 3.03. The van der Waals surface area contributed by atoms with E-state index in [2.05, 4.69) is 17.3 Å². The van der Waals surface area contributed by atoms with Crippen LogP contribution in [0.4, 0.5) is 5.82 Å². The van der Waals surface area contributed by atoms with Crippen LogP contribution in [-0.2, 0) is 0 Å². The van der Waals surface area contributed by atoms with Gasteiger partial charge >= 0.3 is 0 Å². The highest BCUT2D eigenvalue weighted by molar-refractivity contribution is 6.36. The number of hydrazine groups is 1. The highest BCUT2D eigenvalue weighted by Gasteiger charge is 2.26. The van der Waals surface area contributed by atoms with Gasteiger partial charge in [0.15, 0.2) is 5.82 Å². The summed E-state index contributed by atoms with van der Waals surface area (Å²) in [5.41, 5.74) is 2.44. The largest absolute Gasteiger partial charge is 0.473 e. The second-order valence-electron chi connectivity index (χ2n) is 4.86. The number of aromatic nitrogens is 1. The molecule has 4 nitrogen and oxygen atoms in total. The third-order valence-corrected chi connectivity index (χ3v) is 4.22. The molecule has 0 saturated heterocycles. The number of nitrogens with one attached hydrogen (secondary N) is 1. The molecule has 106 valence electrons. The van der Waals surface area contributed by atoms with Crippen LogP contribution in [0.2, 0.25) is 10.0 Å². The van der Waals surface area contributed by atoms with Crippen LogP contribution in [-0.4, -0.2) is 11.1 Å². The Kier molecular flexibility index (Phi) is 5.13. The van der Waals surface area contributed by atoms with Crippen molar-refractivity contribution in [2.45, 2.75) is 45.1 Å². The van der Waals surface area contributed by atoms with Gasteiger partial charge < -0.3 is 10.2 Å². The number of nitrogens with zero attached hydrogens (tertiary/aromatic N) is 1. The molecule has 2 unspecified atom stereocenters. The van der Waals surface area contributed by atoms with Crippen LogP contribution >= 0.6 is 23.2 Å². The smallest absolute Gasteiger partial charge is 0.234 e. The van der Waals surface area contributed by atoms with Crippen LogP contribution in [0.3, 0.4) is 0 Å². The molecule has 0 spiro atoms. The van der Waals surface area contributed by atoms with Gasteiger partial charge in [-0.3, -0.25) is 0 Å². The van der Waals surface area contributed by atoms with E-state index in [0.29, 0.717) is 27.7 Å². The number of halogens is 2. The Morgan fingerprint density at radius 1 is 1.37 bits per heavy atom. The molecule has 0 bridgehead atoms. The molecule has 0 radical (unpaired) electrons. The molecule has 2 atom stereocenters. The number of nitrogen functional groups attached to an aromatic ring is 1. The van der Waals surface area contributed by atoms with Gasteiger partial charge in [0.25, 0.3) is 0 Å². The van der Waals surface area contributed by atoms with Gasteiger partial charge in [0, 0.05) is 0 Å². The van der Waals surface area contributed by atoms with Crippen molar-refractivity contribution >= 4 is 29.0 Å². The van der Waals surface area contributed by atoms with Gasteiger partial charge in [0.2, 0.25) is 5.88 Å². The summed E-state index contributed by atoms with van der Waals surface area (Å²) in [6, 6.07) is 1.60. The topological polar surface area (TPSA) is 60.2 Å². The Hall–Kier alpha value is -0.710. The van der Waals surface area contributed by atoms with Gasteiger partial charge in [0.05, 0.1) is 5.02 Å². The Morgan fingerprint density at radius 2 is 2.11 bits per heavy atom. The predicted octanol–water partition coefficient (Wildman–Crippen LogP) is 4.02. The van der Waals surface area contributed by atoms with Gasteiger partial charge in [-0.2, -0.15) is 4.98 Å². The molecule has 1 aliphatic carbocycles. The third-order valence-electron chi connectivity index (χ3n) is 3.66. The van der Waals surface area contributed by atoms with E-state index >= 15 is 0 Å². The van der Waals surface area contributed by atoms with Gasteiger partial charge in [0.1, 0.15) is 11.1 Å². The zero-order valence-electron chi connectivity index (χ0n) is 11.0. The molecule has 1 aromatic rings. The van der Waals surface area contributed by atoms with E-state index in [0.717, 1.165) is 12.8 Å². The van der Waals surface area contributed by atoms with Crippen molar-refractivity contribution in [2.75, 3.05) is 5.43 Å². The van der Waals surface area contributed by atoms with Gasteiger partial charge in [-0.25, -0.2) is 5.84 Å². The molecule has 1 fully saturated rings.